The molecule has 0 aliphatic carbocycles. The molecule has 0 saturated heterocycles. The zero-order chi connectivity index (χ0) is 19.2. The van der Waals surface area contributed by atoms with Crippen LogP contribution in [0.15, 0.2) is 48.5 Å². The standard InChI is InChI=1S/C20H20ClFN4O/c1-13-11-19(23-10-9-14-3-6-16(27-2)7-4-14)26-20(24-13)25-15-5-8-18(22)17(21)12-15/h3-8,11-12H,9-10H2,1-2H3,(H2,23,24,25,26). The molecule has 0 spiro atoms. The van der Waals surface area contributed by atoms with Gasteiger partial charge in [-0.05, 0) is 49.2 Å². The van der Waals surface area contributed by atoms with Crippen LogP contribution >= 0.6 is 11.6 Å². The average Bonchev–Trinajstić information content (AvgIpc) is 2.65. The Morgan fingerprint density at radius 1 is 1.07 bits per heavy atom. The lowest BCUT2D eigenvalue weighted by atomic mass is 10.1. The molecule has 5 nitrogen and oxygen atoms in total. The second-order valence-electron chi connectivity index (χ2n) is 6.00. The van der Waals surface area contributed by atoms with Crippen LogP contribution in [-0.2, 0) is 6.42 Å². The Bertz CT molecular complexity index is 918. The Balaban J connectivity index is 1.62. The van der Waals surface area contributed by atoms with Crippen LogP contribution in [0, 0.1) is 12.7 Å². The highest BCUT2D eigenvalue weighted by molar-refractivity contribution is 6.31. The molecule has 0 saturated carbocycles. The highest BCUT2D eigenvalue weighted by Gasteiger charge is 2.05. The largest absolute Gasteiger partial charge is 0.497 e. The van der Waals surface area contributed by atoms with Crippen molar-refractivity contribution in [1.82, 2.24) is 9.97 Å². The minimum Gasteiger partial charge on any atom is -0.497 e. The summed E-state index contributed by atoms with van der Waals surface area (Å²) in [5.41, 5.74) is 2.64. The molecule has 140 valence electrons. The number of halogens is 2. The summed E-state index contributed by atoms with van der Waals surface area (Å²) in [4.78, 5) is 8.80. The van der Waals surface area contributed by atoms with E-state index in [0.29, 0.717) is 17.5 Å². The third-order valence-electron chi connectivity index (χ3n) is 3.91. The van der Waals surface area contributed by atoms with Gasteiger partial charge in [0, 0.05) is 24.0 Å². The molecule has 1 heterocycles. The molecular formula is C20H20ClFN4O. The molecule has 0 aliphatic heterocycles. The monoisotopic (exact) mass is 386 g/mol. The Labute approximate surface area is 162 Å². The normalized spacial score (nSPS) is 10.5. The van der Waals surface area contributed by atoms with E-state index in [1.165, 1.54) is 17.7 Å². The van der Waals surface area contributed by atoms with Crippen LogP contribution < -0.4 is 15.4 Å². The number of nitrogens with zero attached hydrogens (tertiary/aromatic N) is 2. The maximum atomic E-state index is 13.3. The number of rotatable bonds is 7. The quantitative estimate of drug-likeness (QED) is 0.599. The zero-order valence-electron chi connectivity index (χ0n) is 15.1. The van der Waals surface area contributed by atoms with Gasteiger partial charge in [0.15, 0.2) is 0 Å². The van der Waals surface area contributed by atoms with Crippen molar-refractivity contribution in [2.45, 2.75) is 13.3 Å². The average molecular weight is 387 g/mol. The maximum Gasteiger partial charge on any atom is 0.229 e. The van der Waals surface area contributed by atoms with Crippen molar-refractivity contribution in [3.8, 4) is 5.75 Å². The van der Waals surface area contributed by atoms with Crippen molar-refractivity contribution in [2.24, 2.45) is 0 Å². The van der Waals surface area contributed by atoms with E-state index < -0.39 is 5.82 Å². The van der Waals surface area contributed by atoms with Crippen LogP contribution in [0.1, 0.15) is 11.3 Å². The van der Waals surface area contributed by atoms with Gasteiger partial charge >= 0.3 is 0 Å². The Hall–Kier alpha value is -2.86. The van der Waals surface area contributed by atoms with Gasteiger partial charge < -0.3 is 15.4 Å². The molecule has 0 bridgehead atoms. The van der Waals surface area contributed by atoms with Gasteiger partial charge in [-0.2, -0.15) is 4.98 Å². The zero-order valence-corrected chi connectivity index (χ0v) is 15.8. The van der Waals surface area contributed by atoms with E-state index in [4.69, 9.17) is 16.3 Å². The van der Waals surface area contributed by atoms with Gasteiger partial charge in [0.1, 0.15) is 17.4 Å². The summed E-state index contributed by atoms with van der Waals surface area (Å²) >= 11 is 5.81. The molecule has 7 heteroatoms. The number of ether oxygens (including phenoxy) is 1. The highest BCUT2D eigenvalue weighted by atomic mass is 35.5. The molecular weight excluding hydrogens is 367 g/mol. The second-order valence-corrected chi connectivity index (χ2v) is 6.40. The van der Waals surface area contributed by atoms with Crippen molar-refractivity contribution in [3.63, 3.8) is 0 Å². The summed E-state index contributed by atoms with van der Waals surface area (Å²) in [5, 5.41) is 6.39. The third-order valence-corrected chi connectivity index (χ3v) is 4.20. The number of aryl methyl sites for hydroxylation is 1. The third kappa shape index (κ3) is 5.31. The fourth-order valence-corrected chi connectivity index (χ4v) is 2.73. The molecule has 0 aliphatic rings. The first-order valence-electron chi connectivity index (χ1n) is 8.48. The summed E-state index contributed by atoms with van der Waals surface area (Å²) in [7, 11) is 1.65. The molecule has 3 rings (SSSR count). The maximum absolute atomic E-state index is 13.3. The lowest BCUT2D eigenvalue weighted by Gasteiger charge is -2.10. The number of hydrogen-bond acceptors (Lipinski definition) is 5. The first-order chi connectivity index (χ1) is 13.0. The topological polar surface area (TPSA) is 59.1 Å². The molecule has 27 heavy (non-hydrogen) atoms. The van der Waals surface area contributed by atoms with Gasteiger partial charge in [0.25, 0.3) is 0 Å². The van der Waals surface area contributed by atoms with Crippen LogP contribution in [0.4, 0.5) is 21.8 Å². The van der Waals surface area contributed by atoms with Crippen molar-refractivity contribution in [2.75, 3.05) is 24.3 Å². The van der Waals surface area contributed by atoms with Crippen LogP contribution in [0.2, 0.25) is 5.02 Å². The number of benzene rings is 2. The van der Waals surface area contributed by atoms with Crippen LogP contribution in [0.25, 0.3) is 0 Å². The van der Waals surface area contributed by atoms with Gasteiger partial charge in [0.05, 0.1) is 12.1 Å². The number of hydrogen-bond donors (Lipinski definition) is 2. The van der Waals surface area contributed by atoms with Gasteiger partial charge in [-0.1, -0.05) is 23.7 Å². The lowest BCUT2D eigenvalue weighted by molar-refractivity contribution is 0.414. The van der Waals surface area contributed by atoms with Crippen molar-refractivity contribution < 1.29 is 9.13 Å². The molecule has 2 aromatic carbocycles. The fourth-order valence-electron chi connectivity index (χ4n) is 2.55. The SMILES string of the molecule is COc1ccc(CCNc2cc(C)nc(Nc3ccc(F)c(Cl)c3)n2)cc1. The molecule has 2 N–H and O–H groups in total. The Morgan fingerprint density at radius 3 is 2.56 bits per heavy atom. The molecule has 0 fully saturated rings. The van der Waals surface area contributed by atoms with Crippen molar-refractivity contribution in [1.29, 1.82) is 0 Å². The lowest BCUT2D eigenvalue weighted by Crippen LogP contribution is -2.08. The van der Waals surface area contributed by atoms with Gasteiger partial charge in [-0.25, -0.2) is 9.37 Å². The summed E-state index contributed by atoms with van der Waals surface area (Å²) in [5.74, 6) is 1.51. The molecule has 3 aromatic rings. The van der Waals surface area contributed by atoms with Crippen LogP contribution in [0.3, 0.4) is 0 Å². The van der Waals surface area contributed by atoms with Crippen molar-refractivity contribution >= 4 is 29.1 Å². The minimum absolute atomic E-state index is 0.0468. The molecule has 0 radical (unpaired) electrons. The summed E-state index contributed by atoms with van der Waals surface area (Å²) in [6.07, 6.45) is 0.851. The first kappa shape index (κ1) is 18.9. The smallest absolute Gasteiger partial charge is 0.229 e. The molecule has 0 unspecified atom stereocenters. The first-order valence-corrected chi connectivity index (χ1v) is 8.86. The van der Waals surface area contributed by atoms with E-state index in [9.17, 15) is 4.39 Å². The highest BCUT2D eigenvalue weighted by Crippen LogP contribution is 2.22. The summed E-state index contributed by atoms with van der Waals surface area (Å²) in [6, 6.07) is 14.2. The summed E-state index contributed by atoms with van der Waals surface area (Å²) < 4.78 is 18.4. The van der Waals surface area contributed by atoms with Crippen LogP contribution in [0.5, 0.6) is 5.75 Å². The number of methoxy groups -OCH3 is 1. The Morgan fingerprint density at radius 2 is 1.85 bits per heavy atom. The second kappa shape index (κ2) is 8.68. The van der Waals surface area contributed by atoms with E-state index in [1.54, 1.807) is 13.2 Å². The van der Waals surface area contributed by atoms with E-state index in [0.717, 1.165) is 24.4 Å². The van der Waals surface area contributed by atoms with Gasteiger partial charge in [-0.15, -0.1) is 0 Å². The minimum atomic E-state index is -0.465. The number of aromatic nitrogens is 2. The van der Waals surface area contributed by atoms with E-state index >= 15 is 0 Å². The van der Waals surface area contributed by atoms with E-state index in [1.807, 2.05) is 37.3 Å². The number of nitrogens with one attached hydrogen (secondary N) is 2. The van der Waals surface area contributed by atoms with E-state index in [-0.39, 0.29) is 5.02 Å². The van der Waals surface area contributed by atoms with Crippen LogP contribution in [-0.4, -0.2) is 23.6 Å². The predicted octanol–water partition coefficient (Wildman–Crippen LogP) is 4.98. The number of anilines is 3. The van der Waals surface area contributed by atoms with Gasteiger partial charge in [0.2, 0.25) is 5.95 Å². The summed E-state index contributed by atoms with van der Waals surface area (Å²) in [6.45, 7) is 2.61. The fraction of sp³-hybridized carbons (Fsp3) is 0.200. The molecule has 1 aromatic heterocycles. The van der Waals surface area contributed by atoms with Gasteiger partial charge in [-0.3, -0.25) is 0 Å². The molecule has 0 atom stereocenters. The molecule has 0 amide bonds. The predicted molar refractivity (Wildman–Crippen MR) is 107 cm³/mol. The Kier molecular flexibility index (Phi) is 6.08. The van der Waals surface area contributed by atoms with E-state index in [2.05, 4.69) is 20.6 Å². The van der Waals surface area contributed by atoms with Crippen molar-refractivity contribution in [3.05, 3.63) is 70.6 Å².